The SMILES string of the molecule is Cn1cc(C2=CC=CCC=C2)ccc1=O. The van der Waals surface area contributed by atoms with Crippen LogP contribution in [-0.4, -0.2) is 4.57 Å². The van der Waals surface area contributed by atoms with Crippen molar-refractivity contribution in [2.45, 2.75) is 6.42 Å². The van der Waals surface area contributed by atoms with E-state index in [9.17, 15) is 4.79 Å². The van der Waals surface area contributed by atoms with Crippen LogP contribution in [0.15, 0.2) is 53.5 Å². The molecule has 0 aromatic carbocycles. The standard InChI is InChI=1S/C13H13NO/c1-14-10-12(8-9-13(14)15)11-6-4-2-3-5-7-11/h2,4-10H,3H2,1H3. The molecule has 15 heavy (non-hydrogen) atoms. The van der Waals surface area contributed by atoms with E-state index in [1.54, 1.807) is 17.7 Å². The van der Waals surface area contributed by atoms with Crippen LogP contribution in [0.4, 0.5) is 0 Å². The lowest BCUT2D eigenvalue weighted by Gasteiger charge is -2.03. The predicted octanol–water partition coefficient (Wildman–Crippen LogP) is 2.28. The molecule has 1 aliphatic carbocycles. The monoisotopic (exact) mass is 199 g/mol. The molecule has 0 N–H and O–H groups in total. The highest BCUT2D eigenvalue weighted by Crippen LogP contribution is 2.16. The lowest BCUT2D eigenvalue weighted by Crippen LogP contribution is -2.14. The molecule has 76 valence electrons. The molecule has 1 aromatic heterocycles. The minimum atomic E-state index is 0.0208. The van der Waals surface area contributed by atoms with Crippen molar-refractivity contribution in [2.75, 3.05) is 0 Å². The lowest BCUT2D eigenvalue weighted by atomic mass is 10.1. The number of pyridine rings is 1. The van der Waals surface area contributed by atoms with Crippen LogP contribution in [0.1, 0.15) is 12.0 Å². The summed E-state index contributed by atoms with van der Waals surface area (Å²) >= 11 is 0. The van der Waals surface area contributed by atoms with E-state index in [2.05, 4.69) is 24.3 Å². The Morgan fingerprint density at radius 3 is 2.93 bits per heavy atom. The second kappa shape index (κ2) is 4.13. The number of rotatable bonds is 1. The average Bonchev–Trinajstić information content (AvgIpc) is 2.50. The van der Waals surface area contributed by atoms with Gasteiger partial charge in [0.15, 0.2) is 0 Å². The smallest absolute Gasteiger partial charge is 0.250 e. The Bertz CT molecular complexity index is 504. The van der Waals surface area contributed by atoms with E-state index in [0.717, 1.165) is 17.6 Å². The molecule has 0 saturated carbocycles. The van der Waals surface area contributed by atoms with Crippen LogP contribution >= 0.6 is 0 Å². The Balaban J connectivity index is 2.45. The largest absolute Gasteiger partial charge is 0.318 e. The van der Waals surface area contributed by atoms with Gasteiger partial charge in [-0.25, -0.2) is 0 Å². The molecular weight excluding hydrogens is 186 g/mol. The van der Waals surface area contributed by atoms with Crippen molar-refractivity contribution in [3.05, 3.63) is 64.6 Å². The molecule has 0 spiro atoms. The first-order chi connectivity index (χ1) is 7.27. The summed E-state index contributed by atoms with van der Waals surface area (Å²) in [5.74, 6) is 0. The van der Waals surface area contributed by atoms with Gasteiger partial charge in [-0.2, -0.15) is 0 Å². The predicted molar refractivity (Wildman–Crippen MR) is 62.6 cm³/mol. The summed E-state index contributed by atoms with van der Waals surface area (Å²) in [6.45, 7) is 0. The third-order valence-electron chi connectivity index (χ3n) is 2.40. The zero-order valence-electron chi connectivity index (χ0n) is 8.68. The second-order valence-corrected chi connectivity index (χ2v) is 3.56. The highest BCUT2D eigenvalue weighted by atomic mass is 16.1. The van der Waals surface area contributed by atoms with Crippen LogP contribution in [0.5, 0.6) is 0 Å². The molecule has 0 aliphatic heterocycles. The summed E-state index contributed by atoms with van der Waals surface area (Å²) in [7, 11) is 1.77. The maximum absolute atomic E-state index is 11.2. The zero-order valence-corrected chi connectivity index (χ0v) is 8.68. The molecule has 1 heterocycles. The first-order valence-electron chi connectivity index (χ1n) is 4.98. The minimum absolute atomic E-state index is 0.0208. The second-order valence-electron chi connectivity index (χ2n) is 3.56. The van der Waals surface area contributed by atoms with Crippen molar-refractivity contribution >= 4 is 5.57 Å². The lowest BCUT2D eigenvalue weighted by molar-refractivity contribution is 0.857. The molecule has 0 unspecified atom stereocenters. The van der Waals surface area contributed by atoms with E-state index in [-0.39, 0.29) is 5.56 Å². The first-order valence-corrected chi connectivity index (χ1v) is 4.98. The van der Waals surface area contributed by atoms with E-state index < -0.39 is 0 Å². The van der Waals surface area contributed by atoms with Crippen molar-refractivity contribution in [1.82, 2.24) is 4.57 Å². The Hall–Kier alpha value is -1.83. The van der Waals surface area contributed by atoms with E-state index in [0.29, 0.717) is 0 Å². The minimum Gasteiger partial charge on any atom is -0.318 e. The molecule has 0 atom stereocenters. The van der Waals surface area contributed by atoms with E-state index >= 15 is 0 Å². The van der Waals surface area contributed by atoms with Gasteiger partial charge in [-0.05, 0) is 23.6 Å². The highest BCUT2D eigenvalue weighted by molar-refractivity contribution is 5.75. The van der Waals surface area contributed by atoms with Gasteiger partial charge in [0.2, 0.25) is 5.56 Å². The summed E-state index contributed by atoms with van der Waals surface area (Å²) in [6, 6.07) is 3.45. The topological polar surface area (TPSA) is 22.0 Å². The van der Waals surface area contributed by atoms with Gasteiger partial charge >= 0.3 is 0 Å². The van der Waals surface area contributed by atoms with Crippen LogP contribution in [-0.2, 0) is 7.05 Å². The van der Waals surface area contributed by atoms with Gasteiger partial charge in [-0.15, -0.1) is 0 Å². The molecule has 0 bridgehead atoms. The molecule has 0 fully saturated rings. The number of aryl methyl sites for hydroxylation is 1. The van der Waals surface area contributed by atoms with Gasteiger partial charge in [0.1, 0.15) is 0 Å². The molecule has 0 radical (unpaired) electrons. The summed E-state index contributed by atoms with van der Waals surface area (Å²) in [5, 5.41) is 0. The number of hydrogen-bond acceptors (Lipinski definition) is 1. The fourth-order valence-electron chi connectivity index (χ4n) is 1.54. The molecule has 1 aliphatic rings. The Labute approximate surface area is 88.9 Å². The van der Waals surface area contributed by atoms with Gasteiger partial charge in [-0.3, -0.25) is 4.79 Å². The zero-order chi connectivity index (χ0) is 10.7. The Morgan fingerprint density at radius 2 is 2.13 bits per heavy atom. The van der Waals surface area contributed by atoms with Gasteiger partial charge in [-0.1, -0.05) is 30.4 Å². The average molecular weight is 199 g/mol. The summed E-state index contributed by atoms with van der Waals surface area (Å²) in [4.78, 5) is 11.2. The number of allylic oxidation sites excluding steroid dienone is 6. The summed E-state index contributed by atoms with van der Waals surface area (Å²) in [6.07, 6.45) is 13.2. The fraction of sp³-hybridized carbons (Fsp3) is 0.154. The van der Waals surface area contributed by atoms with Crippen molar-refractivity contribution in [1.29, 1.82) is 0 Å². The van der Waals surface area contributed by atoms with Crippen molar-refractivity contribution in [2.24, 2.45) is 7.05 Å². The van der Waals surface area contributed by atoms with Gasteiger partial charge in [0, 0.05) is 19.3 Å². The number of aromatic nitrogens is 1. The van der Waals surface area contributed by atoms with Crippen molar-refractivity contribution < 1.29 is 0 Å². The van der Waals surface area contributed by atoms with Crippen LogP contribution in [0.2, 0.25) is 0 Å². The maximum Gasteiger partial charge on any atom is 0.250 e. The third kappa shape index (κ3) is 2.15. The third-order valence-corrected chi connectivity index (χ3v) is 2.40. The molecule has 2 nitrogen and oxygen atoms in total. The van der Waals surface area contributed by atoms with Crippen LogP contribution in [0.25, 0.3) is 5.57 Å². The summed E-state index contributed by atoms with van der Waals surface area (Å²) in [5.41, 5.74) is 2.23. The highest BCUT2D eigenvalue weighted by Gasteiger charge is 1.99. The Kier molecular flexibility index (Phi) is 2.68. The van der Waals surface area contributed by atoms with Gasteiger partial charge < -0.3 is 4.57 Å². The van der Waals surface area contributed by atoms with Crippen molar-refractivity contribution in [3.8, 4) is 0 Å². The Morgan fingerprint density at radius 1 is 1.27 bits per heavy atom. The van der Waals surface area contributed by atoms with Gasteiger partial charge in [0.25, 0.3) is 0 Å². The van der Waals surface area contributed by atoms with E-state index in [1.165, 1.54) is 0 Å². The fourth-order valence-corrected chi connectivity index (χ4v) is 1.54. The maximum atomic E-state index is 11.2. The van der Waals surface area contributed by atoms with Crippen LogP contribution in [0, 0.1) is 0 Å². The van der Waals surface area contributed by atoms with E-state index in [1.807, 2.05) is 18.3 Å². The molecular formula is C13H13NO. The van der Waals surface area contributed by atoms with Gasteiger partial charge in [0.05, 0.1) is 0 Å². The van der Waals surface area contributed by atoms with Crippen LogP contribution < -0.4 is 5.56 Å². The normalized spacial score (nSPS) is 14.9. The van der Waals surface area contributed by atoms with E-state index in [4.69, 9.17) is 0 Å². The molecule has 1 aromatic rings. The summed E-state index contributed by atoms with van der Waals surface area (Å²) < 4.78 is 1.60. The molecule has 0 saturated heterocycles. The first kappa shape index (κ1) is 9.71. The molecule has 2 rings (SSSR count). The van der Waals surface area contributed by atoms with Crippen molar-refractivity contribution in [3.63, 3.8) is 0 Å². The number of hydrogen-bond donors (Lipinski definition) is 0. The molecule has 0 amide bonds. The van der Waals surface area contributed by atoms with Crippen LogP contribution in [0.3, 0.4) is 0 Å². The quantitative estimate of drug-likeness (QED) is 0.680. The number of nitrogens with zero attached hydrogens (tertiary/aromatic N) is 1. The molecule has 2 heteroatoms.